The Balaban J connectivity index is 4.18. The van der Waals surface area contributed by atoms with Crippen LogP contribution in [0.3, 0.4) is 0 Å². The van der Waals surface area contributed by atoms with Gasteiger partial charge in [0.25, 0.3) is 0 Å². The van der Waals surface area contributed by atoms with Crippen LogP contribution < -0.4 is 0 Å². The average molecular weight is 160 g/mol. The molecule has 0 spiro atoms. The molecule has 0 aliphatic rings. The van der Waals surface area contributed by atoms with Gasteiger partial charge in [0.1, 0.15) is 0 Å². The number of aliphatic hydroxyl groups is 1. The lowest BCUT2D eigenvalue weighted by molar-refractivity contribution is -0.105. The quantitative estimate of drug-likeness (QED) is 0.679. The van der Waals surface area contributed by atoms with Gasteiger partial charge >= 0.3 is 0 Å². The smallest absolute Gasteiger partial charge is 0.0902 e. The molecule has 0 aliphatic heterocycles. The molecule has 0 bridgehead atoms. The predicted octanol–water partition coefficient (Wildman–Crippen LogP) is 1.82. The fraction of sp³-hybridized carbons (Fsp3) is 1.00. The van der Waals surface area contributed by atoms with Crippen molar-refractivity contribution in [1.82, 2.24) is 0 Å². The molecule has 0 radical (unpaired) electrons. The Labute approximate surface area is 69.6 Å². The topological polar surface area (TPSA) is 29.5 Å². The Hall–Kier alpha value is -0.0800. The summed E-state index contributed by atoms with van der Waals surface area (Å²) in [5, 5.41) is 9.93. The monoisotopic (exact) mass is 160 g/mol. The van der Waals surface area contributed by atoms with Gasteiger partial charge in [-0.05, 0) is 19.8 Å². The predicted molar refractivity (Wildman–Crippen MR) is 46.5 cm³/mol. The molecule has 0 saturated heterocycles. The number of rotatable bonds is 4. The summed E-state index contributed by atoms with van der Waals surface area (Å²) in [6.07, 6.45) is 0.873. The van der Waals surface area contributed by atoms with Gasteiger partial charge in [0.05, 0.1) is 11.7 Å². The molecule has 3 atom stereocenters. The summed E-state index contributed by atoms with van der Waals surface area (Å²) in [6.45, 7) is 7.83. The van der Waals surface area contributed by atoms with E-state index in [1.165, 1.54) is 0 Å². The summed E-state index contributed by atoms with van der Waals surface area (Å²) in [6, 6.07) is 0. The number of methoxy groups -OCH3 is 1. The Morgan fingerprint density at radius 1 is 1.45 bits per heavy atom. The van der Waals surface area contributed by atoms with E-state index in [0.29, 0.717) is 0 Å². The summed E-state index contributed by atoms with van der Waals surface area (Å²) < 4.78 is 5.09. The zero-order valence-electron chi connectivity index (χ0n) is 8.22. The third-order valence-corrected chi connectivity index (χ3v) is 2.79. The molecule has 2 nitrogen and oxygen atoms in total. The second-order valence-electron chi connectivity index (χ2n) is 3.41. The van der Waals surface area contributed by atoms with Crippen LogP contribution >= 0.6 is 0 Å². The Morgan fingerprint density at radius 2 is 1.91 bits per heavy atom. The van der Waals surface area contributed by atoms with E-state index in [2.05, 4.69) is 6.92 Å². The Kier molecular flexibility index (Phi) is 4.04. The minimum absolute atomic E-state index is 0.0996. The molecule has 0 amide bonds. The molecule has 0 saturated carbocycles. The summed E-state index contributed by atoms with van der Waals surface area (Å²) in [4.78, 5) is 0. The summed E-state index contributed by atoms with van der Waals surface area (Å²) in [5.41, 5.74) is -0.705. The molecule has 3 unspecified atom stereocenters. The van der Waals surface area contributed by atoms with Crippen LogP contribution in [-0.4, -0.2) is 23.9 Å². The highest BCUT2D eigenvalue weighted by molar-refractivity contribution is 4.84. The van der Waals surface area contributed by atoms with E-state index in [0.717, 1.165) is 6.42 Å². The van der Waals surface area contributed by atoms with Gasteiger partial charge in [-0.25, -0.2) is 0 Å². The van der Waals surface area contributed by atoms with E-state index in [4.69, 9.17) is 4.74 Å². The fourth-order valence-corrected chi connectivity index (χ4v) is 1.05. The van der Waals surface area contributed by atoms with Crippen LogP contribution in [0.2, 0.25) is 0 Å². The van der Waals surface area contributed by atoms with E-state index >= 15 is 0 Å². The SMILES string of the molecule is CCC(C)C(C)(O)C(C)OC. The van der Waals surface area contributed by atoms with Crippen molar-refractivity contribution in [2.75, 3.05) is 7.11 Å². The zero-order chi connectivity index (χ0) is 9.07. The minimum atomic E-state index is -0.705. The third-order valence-electron chi connectivity index (χ3n) is 2.79. The lowest BCUT2D eigenvalue weighted by Gasteiger charge is -2.34. The standard InChI is InChI=1S/C9H20O2/c1-6-7(2)9(4,10)8(3)11-5/h7-8,10H,6H2,1-5H3. The van der Waals surface area contributed by atoms with Crippen LogP contribution in [0.15, 0.2) is 0 Å². The molecule has 0 aliphatic carbocycles. The van der Waals surface area contributed by atoms with Gasteiger partial charge in [0.15, 0.2) is 0 Å². The first-order valence-electron chi connectivity index (χ1n) is 4.21. The van der Waals surface area contributed by atoms with Gasteiger partial charge < -0.3 is 9.84 Å². The third kappa shape index (κ3) is 2.46. The van der Waals surface area contributed by atoms with Crippen molar-refractivity contribution in [3.05, 3.63) is 0 Å². The van der Waals surface area contributed by atoms with E-state index in [9.17, 15) is 5.11 Å². The average Bonchev–Trinajstić information content (AvgIpc) is 2.01. The molecule has 0 aromatic carbocycles. The summed E-state index contributed by atoms with van der Waals surface area (Å²) in [5.74, 6) is 0.275. The fourth-order valence-electron chi connectivity index (χ4n) is 1.05. The van der Waals surface area contributed by atoms with E-state index in [1.54, 1.807) is 7.11 Å². The summed E-state index contributed by atoms with van der Waals surface area (Å²) in [7, 11) is 1.63. The molecule has 0 aromatic heterocycles. The van der Waals surface area contributed by atoms with Crippen LogP contribution in [0, 0.1) is 5.92 Å². The number of hydrogen-bond acceptors (Lipinski definition) is 2. The van der Waals surface area contributed by atoms with E-state index in [1.807, 2.05) is 20.8 Å². The highest BCUT2D eigenvalue weighted by Crippen LogP contribution is 2.24. The van der Waals surface area contributed by atoms with Crippen LogP contribution in [0.1, 0.15) is 34.1 Å². The lowest BCUT2D eigenvalue weighted by atomic mass is 9.84. The first-order chi connectivity index (χ1) is 4.96. The highest BCUT2D eigenvalue weighted by Gasteiger charge is 2.33. The van der Waals surface area contributed by atoms with Crippen molar-refractivity contribution in [2.24, 2.45) is 5.92 Å². The van der Waals surface area contributed by atoms with Gasteiger partial charge in [0.2, 0.25) is 0 Å². The molecular weight excluding hydrogens is 140 g/mol. The van der Waals surface area contributed by atoms with Crippen molar-refractivity contribution < 1.29 is 9.84 Å². The molecule has 11 heavy (non-hydrogen) atoms. The van der Waals surface area contributed by atoms with Gasteiger partial charge in [-0.2, -0.15) is 0 Å². The van der Waals surface area contributed by atoms with Crippen LogP contribution in [-0.2, 0) is 4.74 Å². The molecule has 0 aromatic rings. The van der Waals surface area contributed by atoms with Gasteiger partial charge in [-0.1, -0.05) is 20.3 Å². The van der Waals surface area contributed by atoms with Gasteiger partial charge in [-0.3, -0.25) is 0 Å². The van der Waals surface area contributed by atoms with Crippen LogP contribution in [0.4, 0.5) is 0 Å². The molecule has 0 heterocycles. The van der Waals surface area contributed by atoms with Crippen molar-refractivity contribution in [2.45, 2.75) is 45.8 Å². The number of ether oxygens (including phenoxy) is 1. The molecule has 68 valence electrons. The van der Waals surface area contributed by atoms with Crippen LogP contribution in [0.25, 0.3) is 0 Å². The minimum Gasteiger partial charge on any atom is -0.387 e. The first kappa shape index (κ1) is 10.9. The van der Waals surface area contributed by atoms with Gasteiger partial charge in [-0.15, -0.1) is 0 Å². The first-order valence-corrected chi connectivity index (χ1v) is 4.21. The van der Waals surface area contributed by atoms with Crippen molar-refractivity contribution in [1.29, 1.82) is 0 Å². The maximum absolute atomic E-state index is 9.93. The Bertz CT molecular complexity index is 98.1. The summed E-state index contributed by atoms with van der Waals surface area (Å²) >= 11 is 0. The van der Waals surface area contributed by atoms with E-state index < -0.39 is 5.60 Å². The lowest BCUT2D eigenvalue weighted by Crippen LogP contribution is -2.44. The molecule has 1 N–H and O–H groups in total. The second-order valence-corrected chi connectivity index (χ2v) is 3.41. The normalized spacial score (nSPS) is 22.4. The molecule has 0 fully saturated rings. The zero-order valence-corrected chi connectivity index (χ0v) is 8.22. The largest absolute Gasteiger partial charge is 0.387 e. The maximum atomic E-state index is 9.93. The van der Waals surface area contributed by atoms with Gasteiger partial charge in [0, 0.05) is 7.11 Å². The van der Waals surface area contributed by atoms with Crippen molar-refractivity contribution in [3.8, 4) is 0 Å². The maximum Gasteiger partial charge on any atom is 0.0902 e. The Morgan fingerprint density at radius 3 is 2.18 bits per heavy atom. The highest BCUT2D eigenvalue weighted by atomic mass is 16.5. The van der Waals surface area contributed by atoms with Crippen molar-refractivity contribution >= 4 is 0 Å². The number of hydrogen-bond donors (Lipinski definition) is 1. The molecule has 0 rings (SSSR count). The second kappa shape index (κ2) is 4.07. The van der Waals surface area contributed by atoms with Crippen molar-refractivity contribution in [3.63, 3.8) is 0 Å². The van der Waals surface area contributed by atoms with E-state index in [-0.39, 0.29) is 12.0 Å². The molecule has 2 heteroatoms. The molecular formula is C9H20O2. The van der Waals surface area contributed by atoms with Crippen LogP contribution in [0.5, 0.6) is 0 Å².